The first-order valence-electron chi connectivity index (χ1n) is 7.15. The van der Waals surface area contributed by atoms with E-state index in [1.807, 2.05) is 17.0 Å². The third-order valence-corrected chi connectivity index (χ3v) is 4.76. The minimum Gasteiger partial charge on any atom is -0.429 e. The number of likely N-dealkylation sites (tertiary alicyclic amines) is 1. The highest BCUT2D eigenvalue weighted by Crippen LogP contribution is 2.38. The first kappa shape index (κ1) is 13.0. The predicted molar refractivity (Wildman–Crippen MR) is 79.8 cm³/mol. The lowest BCUT2D eigenvalue weighted by atomic mass is 9.87. The van der Waals surface area contributed by atoms with Crippen LogP contribution in [-0.4, -0.2) is 42.1 Å². The van der Waals surface area contributed by atoms with E-state index in [9.17, 15) is 4.79 Å². The van der Waals surface area contributed by atoms with Gasteiger partial charge < -0.3 is 19.0 Å². The molecule has 1 amide bonds. The number of rotatable bonds is 1. The van der Waals surface area contributed by atoms with Gasteiger partial charge in [0, 0.05) is 30.7 Å². The van der Waals surface area contributed by atoms with Crippen LogP contribution in [-0.2, 0) is 4.74 Å². The van der Waals surface area contributed by atoms with Gasteiger partial charge in [-0.1, -0.05) is 0 Å². The molecule has 1 N–H and O–H groups in total. The van der Waals surface area contributed by atoms with Crippen LogP contribution in [0.2, 0.25) is 0 Å². The van der Waals surface area contributed by atoms with Gasteiger partial charge in [-0.2, -0.15) is 0 Å². The Morgan fingerprint density at radius 2 is 2.29 bits per heavy atom. The summed E-state index contributed by atoms with van der Waals surface area (Å²) in [6, 6.07) is 5.42. The lowest BCUT2D eigenvalue weighted by molar-refractivity contribution is 0.0765. The Morgan fingerprint density at radius 1 is 1.38 bits per heavy atom. The van der Waals surface area contributed by atoms with Crippen LogP contribution >= 0.6 is 12.2 Å². The van der Waals surface area contributed by atoms with Gasteiger partial charge >= 0.3 is 0 Å². The van der Waals surface area contributed by atoms with Crippen LogP contribution in [0.3, 0.4) is 0 Å². The molecule has 6 heteroatoms. The van der Waals surface area contributed by atoms with Gasteiger partial charge in [0.1, 0.15) is 0 Å². The molecule has 110 valence electrons. The van der Waals surface area contributed by atoms with E-state index in [-0.39, 0.29) is 11.3 Å². The molecular weight excluding hydrogens is 288 g/mol. The molecule has 2 aliphatic heterocycles. The van der Waals surface area contributed by atoms with Crippen molar-refractivity contribution in [3.63, 3.8) is 0 Å². The van der Waals surface area contributed by atoms with Gasteiger partial charge in [-0.15, -0.1) is 0 Å². The van der Waals surface area contributed by atoms with E-state index < -0.39 is 0 Å². The summed E-state index contributed by atoms with van der Waals surface area (Å²) in [4.78, 5) is 17.8. The number of ether oxygens (including phenoxy) is 1. The molecule has 0 saturated carbocycles. The lowest BCUT2D eigenvalue weighted by Gasteiger charge is -2.22. The van der Waals surface area contributed by atoms with Crippen LogP contribution in [0, 0.1) is 10.3 Å². The van der Waals surface area contributed by atoms with Crippen LogP contribution in [0.5, 0.6) is 0 Å². The van der Waals surface area contributed by atoms with Crippen molar-refractivity contribution in [2.75, 3.05) is 26.3 Å². The summed E-state index contributed by atoms with van der Waals surface area (Å²) < 4.78 is 10.9. The topological polar surface area (TPSA) is 58.5 Å². The molecule has 0 radical (unpaired) electrons. The highest BCUT2D eigenvalue weighted by molar-refractivity contribution is 7.71. The minimum atomic E-state index is 0.0583. The molecule has 3 heterocycles. The number of H-pyrrole nitrogens is 1. The second kappa shape index (κ2) is 4.68. The zero-order valence-electron chi connectivity index (χ0n) is 11.6. The molecule has 1 atom stereocenters. The van der Waals surface area contributed by atoms with E-state index in [0.29, 0.717) is 16.0 Å². The number of hydrogen-bond donors (Lipinski definition) is 1. The molecule has 1 aromatic heterocycles. The van der Waals surface area contributed by atoms with Crippen molar-refractivity contribution >= 4 is 29.2 Å². The summed E-state index contributed by atoms with van der Waals surface area (Å²) in [7, 11) is 0. The van der Waals surface area contributed by atoms with Crippen molar-refractivity contribution in [2.45, 2.75) is 12.8 Å². The standard InChI is InChI=1S/C15H16N2O3S/c18-13(17-5-3-15(8-17)4-6-19-9-15)10-1-2-11-12(7-10)20-14(21)16-11/h1-2,7H,3-6,8-9H2,(H,16,21). The smallest absolute Gasteiger partial charge is 0.266 e. The SMILES string of the molecule is O=C(c1ccc2[nH]c(=S)oc2c1)N1CCC2(CCOC2)C1. The van der Waals surface area contributed by atoms with Crippen molar-refractivity contribution in [1.29, 1.82) is 0 Å². The number of nitrogens with one attached hydrogen (secondary N) is 1. The van der Waals surface area contributed by atoms with Crippen molar-refractivity contribution in [3.8, 4) is 0 Å². The number of amides is 1. The molecule has 0 bridgehead atoms. The number of aromatic amines is 1. The largest absolute Gasteiger partial charge is 0.429 e. The van der Waals surface area contributed by atoms with Gasteiger partial charge in [0.2, 0.25) is 0 Å². The summed E-state index contributed by atoms with van der Waals surface area (Å²) in [6.45, 7) is 3.19. The summed E-state index contributed by atoms with van der Waals surface area (Å²) in [5.41, 5.74) is 2.28. The Kier molecular flexibility index (Phi) is 2.90. The minimum absolute atomic E-state index is 0.0583. The summed E-state index contributed by atoms with van der Waals surface area (Å²) in [5.74, 6) is 0.0583. The maximum atomic E-state index is 12.6. The fraction of sp³-hybridized carbons (Fsp3) is 0.467. The zero-order chi connectivity index (χ0) is 14.4. The number of carbonyl (C=O) groups excluding carboxylic acids is 1. The molecule has 0 aliphatic carbocycles. The van der Waals surface area contributed by atoms with Crippen molar-refractivity contribution < 1.29 is 13.9 Å². The molecule has 1 aromatic carbocycles. The molecule has 2 fully saturated rings. The van der Waals surface area contributed by atoms with Gasteiger partial charge in [-0.25, -0.2) is 0 Å². The maximum Gasteiger partial charge on any atom is 0.266 e. The van der Waals surface area contributed by atoms with E-state index in [1.165, 1.54) is 0 Å². The quantitative estimate of drug-likeness (QED) is 0.823. The third kappa shape index (κ3) is 2.18. The molecule has 1 unspecified atom stereocenters. The highest BCUT2D eigenvalue weighted by Gasteiger charge is 2.42. The van der Waals surface area contributed by atoms with Crippen molar-refractivity contribution in [1.82, 2.24) is 9.88 Å². The second-order valence-corrected chi connectivity index (χ2v) is 6.38. The van der Waals surface area contributed by atoms with Crippen LogP contribution in [0.25, 0.3) is 11.1 Å². The lowest BCUT2D eigenvalue weighted by Crippen LogP contribution is -2.32. The number of aromatic nitrogens is 1. The zero-order valence-corrected chi connectivity index (χ0v) is 12.4. The fourth-order valence-corrected chi connectivity index (χ4v) is 3.54. The van der Waals surface area contributed by atoms with Crippen LogP contribution in [0.15, 0.2) is 22.6 Å². The molecule has 1 spiro atoms. The molecule has 2 saturated heterocycles. The van der Waals surface area contributed by atoms with E-state index in [0.717, 1.165) is 44.7 Å². The van der Waals surface area contributed by atoms with Gasteiger partial charge in [-0.05, 0) is 43.3 Å². The monoisotopic (exact) mass is 304 g/mol. The van der Waals surface area contributed by atoms with E-state index in [2.05, 4.69) is 4.98 Å². The molecule has 21 heavy (non-hydrogen) atoms. The van der Waals surface area contributed by atoms with Crippen LogP contribution in [0.4, 0.5) is 0 Å². The number of hydrogen-bond acceptors (Lipinski definition) is 4. The fourth-order valence-electron chi connectivity index (χ4n) is 3.34. The molecule has 4 rings (SSSR count). The molecule has 5 nitrogen and oxygen atoms in total. The average Bonchev–Trinajstić information content (AvgIpc) is 3.18. The second-order valence-electron chi connectivity index (χ2n) is 6.00. The average molecular weight is 304 g/mol. The van der Waals surface area contributed by atoms with E-state index in [4.69, 9.17) is 21.4 Å². The Morgan fingerprint density at radius 3 is 3.10 bits per heavy atom. The van der Waals surface area contributed by atoms with Gasteiger partial charge in [0.15, 0.2) is 5.58 Å². The Labute approximate surface area is 126 Å². The number of fused-ring (bicyclic) bond motifs is 1. The highest BCUT2D eigenvalue weighted by atomic mass is 32.1. The summed E-state index contributed by atoms with van der Waals surface area (Å²) >= 11 is 4.97. The van der Waals surface area contributed by atoms with Crippen molar-refractivity contribution in [3.05, 3.63) is 28.6 Å². The van der Waals surface area contributed by atoms with E-state index >= 15 is 0 Å². The molecular formula is C15H16N2O3S. The predicted octanol–water partition coefficient (Wildman–Crippen LogP) is 2.74. The Hall–Kier alpha value is -1.66. The van der Waals surface area contributed by atoms with Gasteiger partial charge in [0.25, 0.3) is 10.7 Å². The first-order chi connectivity index (χ1) is 10.2. The molecule has 2 aromatic rings. The third-order valence-electron chi connectivity index (χ3n) is 4.58. The number of oxazole rings is 1. The van der Waals surface area contributed by atoms with Crippen molar-refractivity contribution in [2.24, 2.45) is 5.41 Å². The van der Waals surface area contributed by atoms with E-state index in [1.54, 1.807) is 6.07 Å². The van der Waals surface area contributed by atoms with Gasteiger partial charge in [-0.3, -0.25) is 4.79 Å². The van der Waals surface area contributed by atoms with Gasteiger partial charge in [0.05, 0.1) is 12.1 Å². The Bertz CT molecular complexity index is 758. The van der Waals surface area contributed by atoms with Crippen LogP contribution in [0.1, 0.15) is 23.2 Å². The normalized spacial score (nSPS) is 25.2. The Balaban J connectivity index is 1.60. The maximum absolute atomic E-state index is 12.6. The summed E-state index contributed by atoms with van der Waals surface area (Å²) in [5, 5.41) is 0. The number of carbonyl (C=O) groups is 1. The first-order valence-corrected chi connectivity index (χ1v) is 7.56. The summed E-state index contributed by atoms with van der Waals surface area (Å²) in [6.07, 6.45) is 2.09. The number of nitrogens with zero attached hydrogens (tertiary/aromatic N) is 1. The number of benzene rings is 1. The van der Waals surface area contributed by atoms with Crippen LogP contribution < -0.4 is 0 Å². The molecule has 2 aliphatic rings.